The van der Waals surface area contributed by atoms with Gasteiger partial charge < -0.3 is 14.5 Å². The normalized spacial score (nSPS) is 20.2. The summed E-state index contributed by atoms with van der Waals surface area (Å²) in [5.74, 6) is 0. The molecule has 96 valence electrons. The van der Waals surface area contributed by atoms with Gasteiger partial charge in [-0.05, 0) is 25.5 Å². The van der Waals surface area contributed by atoms with Gasteiger partial charge in [0.25, 0.3) is 0 Å². The molecule has 2 rings (SSSR count). The number of nitrogens with one attached hydrogen (secondary N) is 1. The van der Waals surface area contributed by atoms with E-state index in [9.17, 15) is 0 Å². The van der Waals surface area contributed by atoms with E-state index in [4.69, 9.17) is 9.15 Å². The zero-order valence-corrected chi connectivity index (χ0v) is 10.5. The highest BCUT2D eigenvalue weighted by Gasteiger charge is 2.18. The van der Waals surface area contributed by atoms with Crippen LogP contribution in [0.15, 0.2) is 23.0 Å². The lowest BCUT2D eigenvalue weighted by molar-refractivity contribution is 0.138. The first-order chi connectivity index (χ1) is 8.38. The lowest BCUT2D eigenvalue weighted by Gasteiger charge is -2.24. The molecule has 1 N–H and O–H groups in total. The number of hydrogen-bond acceptors (Lipinski definition) is 4. The number of hydrogen-bond donors (Lipinski definition) is 1. The monoisotopic (exact) mass is 238 g/mol. The minimum Gasteiger partial charge on any atom is -0.472 e. The SMILES string of the molecule is COCCN(Cc1ccoc1)CC1CCCN1. The maximum atomic E-state index is 5.17. The highest BCUT2D eigenvalue weighted by molar-refractivity contribution is 5.05. The number of rotatable bonds is 7. The molecule has 1 aliphatic rings. The lowest BCUT2D eigenvalue weighted by Crippen LogP contribution is -2.38. The van der Waals surface area contributed by atoms with E-state index in [0.29, 0.717) is 6.04 Å². The van der Waals surface area contributed by atoms with Gasteiger partial charge in [0.2, 0.25) is 0 Å². The fraction of sp³-hybridized carbons (Fsp3) is 0.692. The Kier molecular flexibility index (Phi) is 5.04. The zero-order chi connectivity index (χ0) is 11.9. The average molecular weight is 238 g/mol. The molecule has 1 aliphatic heterocycles. The predicted octanol–water partition coefficient (Wildman–Crippen LogP) is 1.48. The van der Waals surface area contributed by atoms with Crippen molar-refractivity contribution in [1.82, 2.24) is 10.2 Å². The van der Waals surface area contributed by atoms with E-state index in [1.165, 1.54) is 18.4 Å². The van der Waals surface area contributed by atoms with Crippen LogP contribution in [-0.2, 0) is 11.3 Å². The third-order valence-corrected chi connectivity index (χ3v) is 3.24. The largest absolute Gasteiger partial charge is 0.472 e. The van der Waals surface area contributed by atoms with Gasteiger partial charge in [0.1, 0.15) is 0 Å². The first kappa shape index (κ1) is 12.6. The molecule has 17 heavy (non-hydrogen) atoms. The second-order valence-corrected chi connectivity index (χ2v) is 4.65. The third-order valence-electron chi connectivity index (χ3n) is 3.24. The molecular formula is C13H22N2O2. The van der Waals surface area contributed by atoms with E-state index < -0.39 is 0 Å². The van der Waals surface area contributed by atoms with Crippen molar-refractivity contribution in [3.63, 3.8) is 0 Å². The molecule has 0 radical (unpaired) electrons. The van der Waals surface area contributed by atoms with Crippen LogP contribution in [0.5, 0.6) is 0 Å². The summed E-state index contributed by atoms with van der Waals surface area (Å²) in [6, 6.07) is 2.67. The Balaban J connectivity index is 1.83. The van der Waals surface area contributed by atoms with Crippen LogP contribution in [0.25, 0.3) is 0 Å². The van der Waals surface area contributed by atoms with Crippen molar-refractivity contribution in [3.05, 3.63) is 24.2 Å². The fourth-order valence-electron chi connectivity index (χ4n) is 2.32. The van der Waals surface area contributed by atoms with Crippen LogP contribution < -0.4 is 5.32 Å². The van der Waals surface area contributed by atoms with Gasteiger partial charge in [0, 0.05) is 38.3 Å². The second kappa shape index (κ2) is 6.79. The Morgan fingerprint density at radius 2 is 2.53 bits per heavy atom. The van der Waals surface area contributed by atoms with Crippen molar-refractivity contribution in [2.24, 2.45) is 0 Å². The molecule has 1 aromatic heterocycles. The van der Waals surface area contributed by atoms with Crippen molar-refractivity contribution in [1.29, 1.82) is 0 Å². The molecule has 1 unspecified atom stereocenters. The minimum absolute atomic E-state index is 0.638. The van der Waals surface area contributed by atoms with Crippen LogP contribution in [0, 0.1) is 0 Å². The summed E-state index contributed by atoms with van der Waals surface area (Å²) in [5.41, 5.74) is 1.24. The molecule has 1 fully saturated rings. The molecule has 2 heterocycles. The van der Waals surface area contributed by atoms with Crippen molar-refractivity contribution in [2.45, 2.75) is 25.4 Å². The number of ether oxygens (including phenoxy) is 1. The first-order valence-electron chi connectivity index (χ1n) is 6.34. The van der Waals surface area contributed by atoms with Crippen LogP contribution in [0.2, 0.25) is 0 Å². The van der Waals surface area contributed by atoms with Crippen molar-refractivity contribution < 1.29 is 9.15 Å². The number of furan rings is 1. The molecule has 0 aromatic carbocycles. The molecule has 4 nitrogen and oxygen atoms in total. The van der Waals surface area contributed by atoms with Gasteiger partial charge in [0.05, 0.1) is 19.1 Å². The van der Waals surface area contributed by atoms with Crippen LogP contribution in [-0.4, -0.2) is 44.3 Å². The summed E-state index contributed by atoms with van der Waals surface area (Å²) in [6.07, 6.45) is 6.14. The van der Waals surface area contributed by atoms with Crippen molar-refractivity contribution in [3.8, 4) is 0 Å². The van der Waals surface area contributed by atoms with Gasteiger partial charge in [-0.3, -0.25) is 4.90 Å². The summed E-state index contributed by atoms with van der Waals surface area (Å²) in [4.78, 5) is 2.43. The molecule has 0 spiro atoms. The maximum absolute atomic E-state index is 5.17. The average Bonchev–Trinajstić information content (AvgIpc) is 2.99. The molecule has 1 saturated heterocycles. The van der Waals surface area contributed by atoms with Crippen LogP contribution in [0.3, 0.4) is 0 Å². The highest BCUT2D eigenvalue weighted by Crippen LogP contribution is 2.10. The molecule has 0 aliphatic carbocycles. The second-order valence-electron chi connectivity index (χ2n) is 4.65. The van der Waals surface area contributed by atoms with E-state index in [1.54, 1.807) is 13.4 Å². The zero-order valence-electron chi connectivity index (χ0n) is 10.5. The molecular weight excluding hydrogens is 216 g/mol. The summed E-state index contributed by atoms with van der Waals surface area (Å²) in [6.45, 7) is 4.95. The summed E-state index contributed by atoms with van der Waals surface area (Å²) in [5, 5.41) is 3.54. The van der Waals surface area contributed by atoms with E-state index in [1.807, 2.05) is 12.3 Å². The number of nitrogens with zero attached hydrogens (tertiary/aromatic N) is 1. The van der Waals surface area contributed by atoms with Gasteiger partial charge in [0.15, 0.2) is 0 Å². The van der Waals surface area contributed by atoms with E-state index >= 15 is 0 Å². The van der Waals surface area contributed by atoms with Crippen molar-refractivity contribution >= 4 is 0 Å². The molecule has 0 bridgehead atoms. The van der Waals surface area contributed by atoms with Crippen LogP contribution in [0.4, 0.5) is 0 Å². The van der Waals surface area contributed by atoms with Gasteiger partial charge in [-0.1, -0.05) is 0 Å². The maximum Gasteiger partial charge on any atom is 0.0947 e. The fourth-order valence-corrected chi connectivity index (χ4v) is 2.32. The third kappa shape index (κ3) is 4.15. The Morgan fingerprint density at radius 3 is 3.18 bits per heavy atom. The van der Waals surface area contributed by atoms with Gasteiger partial charge in [-0.25, -0.2) is 0 Å². The summed E-state index contributed by atoms with van der Waals surface area (Å²) < 4.78 is 10.3. The van der Waals surface area contributed by atoms with Crippen LogP contribution in [0.1, 0.15) is 18.4 Å². The molecule has 1 atom stereocenters. The molecule has 0 saturated carbocycles. The molecule has 4 heteroatoms. The Hall–Kier alpha value is -0.840. The van der Waals surface area contributed by atoms with E-state index in [-0.39, 0.29) is 0 Å². The highest BCUT2D eigenvalue weighted by atomic mass is 16.5. The summed E-state index contributed by atoms with van der Waals surface area (Å²) >= 11 is 0. The quantitative estimate of drug-likeness (QED) is 0.781. The van der Waals surface area contributed by atoms with Gasteiger partial charge in [-0.15, -0.1) is 0 Å². The van der Waals surface area contributed by atoms with E-state index in [0.717, 1.165) is 32.8 Å². The Morgan fingerprint density at radius 1 is 1.59 bits per heavy atom. The van der Waals surface area contributed by atoms with Gasteiger partial charge in [-0.2, -0.15) is 0 Å². The van der Waals surface area contributed by atoms with Crippen LogP contribution >= 0.6 is 0 Å². The topological polar surface area (TPSA) is 37.6 Å². The minimum atomic E-state index is 0.638. The smallest absolute Gasteiger partial charge is 0.0947 e. The Bertz CT molecular complexity index is 294. The van der Waals surface area contributed by atoms with Gasteiger partial charge >= 0.3 is 0 Å². The lowest BCUT2D eigenvalue weighted by atomic mass is 10.2. The molecule has 0 amide bonds. The van der Waals surface area contributed by atoms with Crippen molar-refractivity contribution in [2.75, 3.05) is 33.4 Å². The van der Waals surface area contributed by atoms with E-state index in [2.05, 4.69) is 10.2 Å². The summed E-state index contributed by atoms with van der Waals surface area (Å²) in [7, 11) is 1.75. The predicted molar refractivity (Wildman–Crippen MR) is 66.9 cm³/mol. The molecule has 1 aromatic rings. The number of methoxy groups -OCH3 is 1. The standard InChI is InChI=1S/C13H22N2O2/c1-16-8-6-15(9-12-4-7-17-11-12)10-13-3-2-5-14-13/h4,7,11,13-14H,2-3,5-6,8-10H2,1H3. The first-order valence-corrected chi connectivity index (χ1v) is 6.34. The Labute approximate surface area is 103 Å².